The Morgan fingerprint density at radius 3 is 2.20 bits per heavy atom. The van der Waals surface area contributed by atoms with Gasteiger partial charge in [-0.2, -0.15) is 0 Å². The summed E-state index contributed by atoms with van der Waals surface area (Å²) in [5, 5.41) is 15.5. The molecule has 0 saturated carbocycles. The van der Waals surface area contributed by atoms with Crippen LogP contribution in [0.1, 0.15) is 62.4 Å². The molecule has 2 rings (SSSR count). The van der Waals surface area contributed by atoms with Gasteiger partial charge in [-0.15, -0.1) is 0 Å². The zero-order chi connectivity index (χ0) is 26.3. The summed E-state index contributed by atoms with van der Waals surface area (Å²) < 4.78 is 5.23. The first-order chi connectivity index (χ1) is 16.3. The summed E-state index contributed by atoms with van der Waals surface area (Å²) in [4.78, 5) is 40.5. The Kier molecular flexibility index (Phi) is 9.28. The number of hydrogen-bond donors (Lipinski definition) is 3. The van der Waals surface area contributed by atoms with Crippen LogP contribution in [0.4, 0.5) is 10.5 Å². The number of ether oxygens (including phenoxy) is 1. The van der Waals surface area contributed by atoms with E-state index in [2.05, 4.69) is 10.6 Å². The highest BCUT2D eigenvalue weighted by atomic mass is 16.6. The third-order valence-corrected chi connectivity index (χ3v) is 5.39. The Morgan fingerprint density at radius 2 is 1.66 bits per heavy atom. The molecule has 0 aromatic heterocycles. The molecule has 0 aliphatic carbocycles. The molecule has 35 heavy (non-hydrogen) atoms. The number of phenolic OH excluding ortho intramolecular Hbond substituents is 1. The number of para-hydroxylation sites is 1. The second kappa shape index (κ2) is 11.7. The van der Waals surface area contributed by atoms with Gasteiger partial charge in [0, 0.05) is 12.2 Å². The fourth-order valence-corrected chi connectivity index (χ4v) is 3.73. The molecule has 1 atom stereocenters. The summed E-state index contributed by atoms with van der Waals surface area (Å²) in [5.74, 6) is -0.709. The van der Waals surface area contributed by atoms with Gasteiger partial charge in [-0.05, 0) is 82.3 Å². The van der Waals surface area contributed by atoms with Crippen LogP contribution in [0.5, 0.6) is 5.75 Å². The lowest BCUT2D eigenvalue weighted by Gasteiger charge is -2.32. The van der Waals surface area contributed by atoms with E-state index in [1.807, 2.05) is 39.0 Å². The van der Waals surface area contributed by atoms with Crippen molar-refractivity contribution in [3.05, 3.63) is 58.7 Å². The zero-order valence-electron chi connectivity index (χ0n) is 21.7. The maximum absolute atomic E-state index is 13.7. The van der Waals surface area contributed by atoms with Crippen LogP contribution >= 0.6 is 0 Å². The van der Waals surface area contributed by atoms with Crippen molar-refractivity contribution >= 4 is 23.6 Å². The molecule has 190 valence electrons. The van der Waals surface area contributed by atoms with E-state index in [9.17, 15) is 19.5 Å². The van der Waals surface area contributed by atoms with Gasteiger partial charge in [-0.3, -0.25) is 9.59 Å². The predicted octanol–water partition coefficient (Wildman–Crippen LogP) is 4.76. The fraction of sp³-hybridized carbons (Fsp3) is 0.444. The number of rotatable bonds is 8. The number of hydrogen-bond acceptors (Lipinski definition) is 5. The maximum Gasteiger partial charge on any atom is 0.408 e. The topological polar surface area (TPSA) is 108 Å². The highest BCUT2D eigenvalue weighted by molar-refractivity contribution is 5.99. The van der Waals surface area contributed by atoms with Crippen LogP contribution in [-0.2, 0) is 14.3 Å². The summed E-state index contributed by atoms with van der Waals surface area (Å²) in [6.07, 6.45) is -0.109. The number of phenols is 1. The third-order valence-electron chi connectivity index (χ3n) is 5.39. The Labute approximate surface area is 207 Å². The van der Waals surface area contributed by atoms with Crippen molar-refractivity contribution in [1.82, 2.24) is 10.2 Å². The van der Waals surface area contributed by atoms with Crippen LogP contribution < -0.4 is 10.6 Å². The van der Waals surface area contributed by atoms with Crippen LogP contribution in [0.3, 0.4) is 0 Å². The monoisotopic (exact) mass is 483 g/mol. The Balaban J connectivity index is 2.41. The van der Waals surface area contributed by atoms with Crippen molar-refractivity contribution in [1.29, 1.82) is 0 Å². The molecule has 0 saturated heterocycles. The summed E-state index contributed by atoms with van der Waals surface area (Å²) in [6, 6.07) is 9.59. The van der Waals surface area contributed by atoms with Gasteiger partial charge < -0.3 is 25.4 Å². The molecular weight excluding hydrogens is 446 g/mol. The summed E-state index contributed by atoms with van der Waals surface area (Å²) in [6.45, 7) is 12.6. The Hall–Kier alpha value is -3.55. The molecule has 1 unspecified atom stereocenters. The van der Waals surface area contributed by atoms with Gasteiger partial charge in [0.05, 0.1) is 0 Å². The minimum absolute atomic E-state index is 0.0996. The van der Waals surface area contributed by atoms with Crippen molar-refractivity contribution in [3.63, 3.8) is 0 Å². The highest BCUT2D eigenvalue weighted by Crippen LogP contribution is 2.29. The van der Waals surface area contributed by atoms with Crippen LogP contribution in [-0.4, -0.2) is 46.6 Å². The Bertz CT molecular complexity index is 1050. The van der Waals surface area contributed by atoms with Gasteiger partial charge in [0.1, 0.15) is 23.9 Å². The molecule has 2 aromatic carbocycles. The fourth-order valence-electron chi connectivity index (χ4n) is 3.73. The molecule has 0 aliphatic rings. The molecule has 0 fully saturated rings. The van der Waals surface area contributed by atoms with Crippen LogP contribution in [0.15, 0.2) is 36.4 Å². The lowest BCUT2D eigenvalue weighted by Crippen LogP contribution is -2.46. The van der Waals surface area contributed by atoms with E-state index in [1.54, 1.807) is 39.8 Å². The highest BCUT2D eigenvalue weighted by Gasteiger charge is 2.32. The standard InChI is InChI=1S/C27H37N3O5/c1-8-14-30(22(32)16-28-26(34)35-27(5,6)7)24(20-12-13-21(31)19(4)15-20)25(33)29-23-17(2)10-9-11-18(23)3/h9-13,15,24,31H,8,14,16H2,1-7H3,(H,28,34)(H,29,33). The van der Waals surface area contributed by atoms with Gasteiger partial charge in [0.2, 0.25) is 5.91 Å². The zero-order valence-corrected chi connectivity index (χ0v) is 21.7. The van der Waals surface area contributed by atoms with Crippen LogP contribution in [0, 0.1) is 20.8 Å². The van der Waals surface area contributed by atoms with Gasteiger partial charge in [0.25, 0.3) is 5.91 Å². The van der Waals surface area contributed by atoms with Crippen molar-refractivity contribution in [2.24, 2.45) is 0 Å². The molecule has 3 amide bonds. The number of amides is 3. The van der Waals surface area contributed by atoms with Gasteiger partial charge >= 0.3 is 6.09 Å². The number of carbonyl (C=O) groups excluding carboxylic acids is 3. The van der Waals surface area contributed by atoms with E-state index < -0.39 is 23.6 Å². The molecule has 3 N–H and O–H groups in total. The number of alkyl carbamates (subject to hydrolysis) is 1. The second-order valence-corrected chi connectivity index (χ2v) is 9.65. The third kappa shape index (κ3) is 7.73. The molecule has 2 aromatic rings. The first kappa shape index (κ1) is 27.7. The average Bonchev–Trinajstić information content (AvgIpc) is 2.75. The van der Waals surface area contributed by atoms with E-state index in [1.165, 1.54) is 11.0 Å². The number of aromatic hydroxyl groups is 1. The molecule has 0 spiro atoms. The number of nitrogens with zero attached hydrogens (tertiary/aromatic N) is 1. The summed E-state index contributed by atoms with van der Waals surface area (Å²) in [5.41, 5.74) is 2.94. The minimum Gasteiger partial charge on any atom is -0.508 e. The quantitative estimate of drug-likeness (QED) is 0.502. The van der Waals surface area contributed by atoms with E-state index >= 15 is 0 Å². The molecule has 0 radical (unpaired) electrons. The lowest BCUT2D eigenvalue weighted by molar-refractivity contribution is -0.138. The number of nitrogens with one attached hydrogen (secondary N) is 2. The molecule has 0 bridgehead atoms. The molecule has 8 heteroatoms. The van der Waals surface area contributed by atoms with Gasteiger partial charge in [-0.1, -0.05) is 31.2 Å². The van der Waals surface area contributed by atoms with Gasteiger partial charge in [-0.25, -0.2) is 4.79 Å². The summed E-state index contributed by atoms with van der Waals surface area (Å²) >= 11 is 0. The van der Waals surface area contributed by atoms with Crippen molar-refractivity contribution < 1.29 is 24.2 Å². The number of anilines is 1. The van der Waals surface area contributed by atoms with Crippen molar-refractivity contribution in [2.45, 2.75) is 66.5 Å². The molecular formula is C27H37N3O5. The molecule has 0 heterocycles. The maximum atomic E-state index is 13.7. The second-order valence-electron chi connectivity index (χ2n) is 9.65. The van der Waals surface area contributed by atoms with Crippen LogP contribution in [0.2, 0.25) is 0 Å². The van der Waals surface area contributed by atoms with E-state index in [4.69, 9.17) is 4.74 Å². The average molecular weight is 484 g/mol. The molecule has 8 nitrogen and oxygen atoms in total. The molecule has 0 aliphatic heterocycles. The lowest BCUT2D eigenvalue weighted by atomic mass is 10.00. The van der Waals surface area contributed by atoms with E-state index in [-0.39, 0.29) is 18.2 Å². The normalized spacial score (nSPS) is 12.0. The van der Waals surface area contributed by atoms with Gasteiger partial charge in [0.15, 0.2) is 0 Å². The SMILES string of the molecule is CCCN(C(=O)CNC(=O)OC(C)(C)C)C(C(=O)Nc1c(C)cccc1C)c1ccc(O)c(C)c1. The smallest absolute Gasteiger partial charge is 0.408 e. The summed E-state index contributed by atoms with van der Waals surface area (Å²) in [7, 11) is 0. The number of benzene rings is 2. The van der Waals surface area contributed by atoms with Crippen molar-refractivity contribution in [3.8, 4) is 5.75 Å². The number of aryl methyl sites for hydroxylation is 3. The van der Waals surface area contributed by atoms with Crippen LogP contribution in [0.25, 0.3) is 0 Å². The van der Waals surface area contributed by atoms with Crippen molar-refractivity contribution in [2.75, 3.05) is 18.4 Å². The first-order valence-electron chi connectivity index (χ1n) is 11.8. The number of carbonyl (C=O) groups is 3. The largest absolute Gasteiger partial charge is 0.508 e. The predicted molar refractivity (Wildman–Crippen MR) is 136 cm³/mol. The van der Waals surface area contributed by atoms with E-state index in [0.717, 1.165) is 11.1 Å². The van der Waals surface area contributed by atoms with E-state index in [0.29, 0.717) is 29.8 Å². The Morgan fingerprint density at radius 1 is 1.03 bits per heavy atom. The minimum atomic E-state index is -0.971. The first-order valence-corrected chi connectivity index (χ1v) is 11.8.